The zero-order valence-corrected chi connectivity index (χ0v) is 13.2. The molecule has 0 fully saturated rings. The third kappa shape index (κ3) is 8.42. The number of rotatable bonds is 11. The first-order valence-corrected chi connectivity index (χ1v) is 8.22. The Hall–Kier alpha value is -0.360. The van der Waals surface area contributed by atoms with E-state index in [4.69, 9.17) is 10.8 Å². The van der Waals surface area contributed by atoms with Gasteiger partial charge >= 0.3 is 5.97 Å². The first-order chi connectivity index (χ1) is 9.06. The van der Waals surface area contributed by atoms with E-state index in [0.29, 0.717) is 25.8 Å². The zero-order chi connectivity index (χ0) is 14.7. The van der Waals surface area contributed by atoms with Gasteiger partial charge in [-0.25, -0.2) is 4.79 Å². The summed E-state index contributed by atoms with van der Waals surface area (Å²) < 4.78 is 0. The molecule has 112 valence electrons. The van der Waals surface area contributed by atoms with Gasteiger partial charge in [0.25, 0.3) is 0 Å². The lowest BCUT2D eigenvalue weighted by Gasteiger charge is -2.19. The number of nitrogens with two attached hydrogens (primary N) is 1. The smallest absolute Gasteiger partial charge is 0.326 e. The van der Waals surface area contributed by atoms with E-state index < -0.39 is 12.0 Å². The molecule has 0 aromatic carbocycles. The highest BCUT2D eigenvalue weighted by Crippen LogP contribution is 2.05. The van der Waals surface area contributed by atoms with E-state index in [-0.39, 0.29) is 11.9 Å². The number of nitrogens with one attached hydrogen (secondary N) is 2. The highest BCUT2D eigenvalue weighted by molar-refractivity contribution is 7.98. The largest absolute Gasteiger partial charge is 0.480 e. The van der Waals surface area contributed by atoms with Crippen molar-refractivity contribution < 1.29 is 14.7 Å². The van der Waals surface area contributed by atoms with Crippen molar-refractivity contribution in [3.05, 3.63) is 0 Å². The van der Waals surface area contributed by atoms with E-state index in [1.54, 1.807) is 11.8 Å². The van der Waals surface area contributed by atoms with Crippen LogP contribution in [0.4, 0.5) is 0 Å². The maximum atomic E-state index is 11.9. The van der Waals surface area contributed by atoms with Gasteiger partial charge in [0.15, 0.2) is 0 Å². The lowest BCUT2D eigenvalue weighted by Crippen LogP contribution is -2.48. The molecule has 5 N–H and O–H groups in total. The van der Waals surface area contributed by atoms with Gasteiger partial charge in [0.2, 0.25) is 5.91 Å². The minimum absolute atomic E-state index is 0.274. The second-order valence-corrected chi connectivity index (χ2v) is 5.50. The first kappa shape index (κ1) is 18.6. The van der Waals surface area contributed by atoms with Crippen molar-refractivity contribution in [2.75, 3.05) is 18.6 Å². The van der Waals surface area contributed by atoms with Crippen LogP contribution < -0.4 is 16.1 Å². The monoisotopic (exact) mass is 309 g/mol. The summed E-state index contributed by atoms with van der Waals surface area (Å²) in [5.41, 5.74) is 5.37. The van der Waals surface area contributed by atoms with Crippen molar-refractivity contribution in [2.45, 2.75) is 37.8 Å². The minimum atomic E-state index is -1.00. The zero-order valence-electron chi connectivity index (χ0n) is 11.2. The first-order valence-electron chi connectivity index (χ1n) is 6.25. The van der Waals surface area contributed by atoms with Gasteiger partial charge in [-0.1, -0.05) is 9.39 Å². The van der Waals surface area contributed by atoms with Crippen molar-refractivity contribution >= 4 is 33.0 Å². The highest BCUT2D eigenvalue weighted by atomic mass is 32.2. The van der Waals surface area contributed by atoms with Crippen LogP contribution in [0.25, 0.3) is 0 Å². The Morgan fingerprint density at radius 1 is 1.32 bits per heavy atom. The molecule has 0 radical (unpaired) electrons. The van der Waals surface area contributed by atoms with E-state index >= 15 is 0 Å². The Morgan fingerprint density at radius 2 is 2.00 bits per heavy atom. The molecular weight excluding hydrogens is 285 g/mol. The van der Waals surface area contributed by atoms with Gasteiger partial charge in [0, 0.05) is 0 Å². The van der Waals surface area contributed by atoms with Gasteiger partial charge in [-0.3, -0.25) is 9.88 Å². The van der Waals surface area contributed by atoms with Gasteiger partial charge < -0.3 is 16.2 Å². The van der Waals surface area contributed by atoms with Crippen molar-refractivity contribution in [3.8, 4) is 0 Å². The molecule has 0 aliphatic rings. The number of hydrogen-bond donors (Lipinski definition) is 4. The van der Waals surface area contributed by atoms with Crippen LogP contribution >= 0.6 is 21.2 Å². The second-order valence-electron chi connectivity index (χ2n) is 4.18. The number of thioether (sulfide) groups is 1. The maximum Gasteiger partial charge on any atom is 0.326 e. The second kappa shape index (κ2) is 11.5. The number of unbranched alkanes of at least 4 members (excludes halogenated alkanes) is 1. The fraction of sp³-hybridized carbons (Fsp3) is 0.818. The standard InChI is InChI=1S/C11H24N3O3PS/c1-19-7-5-8(14-18)10(15)13-9(11(16)17)4-2-3-6-12/h8-9,14H,2-7,12,18H2,1H3,(H,13,15)(H,16,17). The van der Waals surface area contributed by atoms with Gasteiger partial charge in [0.1, 0.15) is 6.04 Å². The Kier molecular flexibility index (Phi) is 11.2. The Balaban J connectivity index is 4.30. The summed E-state index contributed by atoms with van der Waals surface area (Å²) in [6.07, 6.45) is 4.48. The average molecular weight is 309 g/mol. The van der Waals surface area contributed by atoms with Crippen molar-refractivity contribution in [2.24, 2.45) is 5.73 Å². The van der Waals surface area contributed by atoms with Crippen LogP contribution in [-0.2, 0) is 9.59 Å². The Morgan fingerprint density at radius 3 is 2.47 bits per heavy atom. The van der Waals surface area contributed by atoms with E-state index in [2.05, 4.69) is 19.8 Å². The SMILES string of the molecule is CSCCC(NP)C(=O)NC(CCCCN)C(=O)O. The molecule has 0 saturated heterocycles. The van der Waals surface area contributed by atoms with Crippen LogP contribution in [0.1, 0.15) is 25.7 Å². The van der Waals surface area contributed by atoms with Crippen molar-refractivity contribution in [1.82, 2.24) is 10.4 Å². The van der Waals surface area contributed by atoms with Crippen LogP contribution in [0, 0.1) is 0 Å². The van der Waals surface area contributed by atoms with Gasteiger partial charge in [-0.15, -0.1) is 0 Å². The van der Waals surface area contributed by atoms with Crippen LogP contribution in [0.3, 0.4) is 0 Å². The van der Waals surface area contributed by atoms with Crippen LogP contribution in [-0.4, -0.2) is 47.6 Å². The normalized spacial score (nSPS) is 13.8. The summed E-state index contributed by atoms with van der Waals surface area (Å²) >= 11 is 1.65. The van der Waals surface area contributed by atoms with Crippen LogP contribution in [0.15, 0.2) is 0 Å². The highest BCUT2D eigenvalue weighted by Gasteiger charge is 2.23. The molecule has 0 aliphatic carbocycles. The molecule has 8 heteroatoms. The molecule has 6 nitrogen and oxygen atoms in total. The molecule has 3 unspecified atom stereocenters. The Labute approximate surface area is 120 Å². The van der Waals surface area contributed by atoms with Crippen molar-refractivity contribution in [1.29, 1.82) is 0 Å². The average Bonchev–Trinajstić information content (AvgIpc) is 2.38. The molecule has 0 rings (SSSR count). The predicted molar refractivity (Wildman–Crippen MR) is 82.1 cm³/mol. The molecule has 0 aromatic heterocycles. The summed E-state index contributed by atoms with van der Waals surface area (Å²) in [5, 5.41) is 14.5. The molecule has 0 bridgehead atoms. The molecule has 1 amide bonds. The summed E-state index contributed by atoms with van der Waals surface area (Å²) in [4.78, 5) is 23.0. The quantitative estimate of drug-likeness (QED) is 0.321. The van der Waals surface area contributed by atoms with Gasteiger partial charge in [-0.2, -0.15) is 11.8 Å². The number of carboxylic acid groups (broad SMARTS) is 1. The molecular formula is C11H24N3O3PS. The third-order valence-corrected chi connectivity index (χ3v) is 3.74. The van der Waals surface area contributed by atoms with Crippen LogP contribution in [0.5, 0.6) is 0 Å². The number of carbonyl (C=O) groups excluding carboxylic acids is 1. The number of amides is 1. The van der Waals surface area contributed by atoms with Crippen LogP contribution in [0.2, 0.25) is 0 Å². The van der Waals surface area contributed by atoms with E-state index in [1.807, 2.05) is 6.26 Å². The summed E-state index contributed by atoms with van der Waals surface area (Å²) in [6, 6.07) is -1.22. The van der Waals surface area contributed by atoms with Gasteiger partial charge in [0.05, 0.1) is 6.04 Å². The topological polar surface area (TPSA) is 104 Å². The fourth-order valence-corrected chi connectivity index (χ4v) is 2.34. The third-order valence-electron chi connectivity index (χ3n) is 2.69. The molecule has 3 atom stereocenters. The molecule has 0 aliphatic heterocycles. The number of hydrogen-bond acceptors (Lipinski definition) is 5. The lowest BCUT2D eigenvalue weighted by molar-refractivity contribution is -0.142. The van der Waals surface area contributed by atoms with Gasteiger partial charge in [-0.05, 0) is 44.2 Å². The number of carboxylic acids is 1. The lowest BCUT2D eigenvalue weighted by atomic mass is 10.1. The predicted octanol–water partition coefficient (Wildman–Crippen LogP) is 0.186. The molecule has 0 saturated carbocycles. The van der Waals surface area contributed by atoms with Crippen molar-refractivity contribution in [3.63, 3.8) is 0 Å². The summed E-state index contributed by atoms with van der Waals surface area (Å²) in [7, 11) is 2.30. The van der Waals surface area contributed by atoms with E-state index in [0.717, 1.165) is 12.2 Å². The molecule has 0 spiro atoms. The Bertz CT molecular complexity index is 282. The van der Waals surface area contributed by atoms with E-state index in [1.165, 1.54) is 0 Å². The maximum absolute atomic E-state index is 11.9. The molecule has 0 heterocycles. The summed E-state index contributed by atoms with van der Waals surface area (Å²) in [6.45, 7) is 0.532. The van der Waals surface area contributed by atoms with E-state index in [9.17, 15) is 9.59 Å². The minimum Gasteiger partial charge on any atom is -0.480 e. The number of aliphatic carboxylic acids is 1. The summed E-state index contributed by atoms with van der Waals surface area (Å²) in [5.74, 6) is -0.438. The fourth-order valence-electron chi connectivity index (χ4n) is 1.55. The molecule has 0 aromatic rings. The number of carbonyl (C=O) groups is 2. The molecule has 19 heavy (non-hydrogen) atoms.